The number of rotatable bonds is 4. The van der Waals surface area contributed by atoms with Crippen molar-refractivity contribution in [3.63, 3.8) is 0 Å². The largest absolute Gasteiger partial charge is 0.270 e. The van der Waals surface area contributed by atoms with Crippen molar-refractivity contribution in [2.24, 2.45) is 0 Å². The van der Waals surface area contributed by atoms with Crippen LogP contribution in [0.3, 0.4) is 0 Å². The first-order valence-electron chi connectivity index (χ1n) is 5.23. The number of hydrogen-bond donors (Lipinski definition) is 0. The molecular formula is C12H9NO4S2. The zero-order chi connectivity index (χ0) is 13.9. The summed E-state index contributed by atoms with van der Waals surface area (Å²) in [5.74, 6) is 0. The Morgan fingerprint density at radius 2 is 1.68 bits per heavy atom. The third-order valence-electron chi connectivity index (χ3n) is 2.27. The van der Waals surface area contributed by atoms with E-state index in [1.54, 1.807) is 18.2 Å². The molecular weight excluding hydrogens is 286 g/mol. The molecule has 7 heteroatoms. The van der Waals surface area contributed by atoms with Gasteiger partial charge in [-0.15, -0.1) is 0 Å². The highest BCUT2D eigenvalue weighted by atomic mass is 33.1. The van der Waals surface area contributed by atoms with Crippen LogP contribution in [-0.2, 0) is 8.87 Å². The quantitative estimate of drug-likeness (QED) is 0.492. The summed E-state index contributed by atoms with van der Waals surface area (Å²) < 4.78 is 24.2. The van der Waals surface area contributed by atoms with Crippen LogP contribution in [-0.4, -0.2) is 13.3 Å². The highest BCUT2D eigenvalue weighted by molar-refractivity contribution is 8.72. The van der Waals surface area contributed by atoms with Gasteiger partial charge in [-0.05, 0) is 18.2 Å². The molecule has 0 aromatic heterocycles. The van der Waals surface area contributed by atoms with E-state index in [0.29, 0.717) is 15.7 Å². The third kappa shape index (κ3) is 3.33. The maximum Gasteiger partial charge on any atom is 0.270 e. The fraction of sp³-hybridized carbons (Fsp3) is 0. The van der Waals surface area contributed by atoms with Crippen molar-refractivity contribution in [1.29, 1.82) is 0 Å². The van der Waals surface area contributed by atoms with E-state index in [0.717, 1.165) is 0 Å². The van der Waals surface area contributed by atoms with Crippen LogP contribution in [0.1, 0.15) is 0 Å². The molecule has 5 nitrogen and oxygen atoms in total. The highest BCUT2D eigenvalue weighted by Gasteiger charge is 2.17. The number of non-ortho nitro benzene ring substituents is 1. The van der Waals surface area contributed by atoms with Gasteiger partial charge >= 0.3 is 0 Å². The fourth-order valence-corrected chi connectivity index (χ4v) is 4.25. The van der Waals surface area contributed by atoms with Gasteiger partial charge in [0, 0.05) is 27.8 Å². The van der Waals surface area contributed by atoms with E-state index in [1.807, 2.05) is 0 Å². The van der Waals surface area contributed by atoms with Crippen LogP contribution >= 0.6 is 10.8 Å². The molecule has 0 atom stereocenters. The SMILES string of the molecule is O=[N+]([O-])c1cccc(SS(=O)(=O)c2ccccc2)c1. The van der Waals surface area contributed by atoms with Gasteiger partial charge in [-0.2, -0.15) is 0 Å². The van der Waals surface area contributed by atoms with Crippen LogP contribution in [0.2, 0.25) is 0 Å². The summed E-state index contributed by atoms with van der Waals surface area (Å²) in [5, 5.41) is 10.6. The molecule has 0 aliphatic carbocycles. The molecule has 0 aliphatic rings. The second-order valence-corrected chi connectivity index (χ2v) is 7.44. The summed E-state index contributed by atoms with van der Waals surface area (Å²) in [6.45, 7) is 0. The second-order valence-electron chi connectivity index (χ2n) is 3.60. The third-order valence-corrected chi connectivity index (χ3v) is 5.59. The molecule has 0 saturated heterocycles. The van der Waals surface area contributed by atoms with E-state index in [9.17, 15) is 18.5 Å². The number of hydrogen-bond acceptors (Lipinski definition) is 5. The first-order chi connectivity index (χ1) is 8.99. The summed E-state index contributed by atoms with van der Waals surface area (Å²) in [4.78, 5) is 10.6. The molecule has 0 unspecified atom stereocenters. The minimum atomic E-state index is -3.56. The molecule has 0 bridgehead atoms. The normalized spacial score (nSPS) is 11.2. The van der Waals surface area contributed by atoms with Crippen molar-refractivity contribution in [3.8, 4) is 0 Å². The van der Waals surface area contributed by atoms with Gasteiger partial charge in [-0.25, -0.2) is 8.42 Å². The Bertz CT molecular complexity index is 699. The molecule has 19 heavy (non-hydrogen) atoms. The lowest BCUT2D eigenvalue weighted by atomic mass is 10.3. The van der Waals surface area contributed by atoms with E-state index in [4.69, 9.17) is 0 Å². The maximum absolute atomic E-state index is 12.1. The monoisotopic (exact) mass is 295 g/mol. The summed E-state index contributed by atoms with van der Waals surface area (Å²) in [7, 11) is -2.96. The average molecular weight is 295 g/mol. The predicted molar refractivity (Wildman–Crippen MR) is 72.6 cm³/mol. The van der Waals surface area contributed by atoms with Crippen molar-refractivity contribution in [2.75, 3.05) is 0 Å². The Hall–Kier alpha value is -1.86. The number of benzene rings is 2. The van der Waals surface area contributed by atoms with Crippen molar-refractivity contribution in [3.05, 3.63) is 64.7 Å². The Labute approximate surface area is 113 Å². The van der Waals surface area contributed by atoms with Crippen LogP contribution in [0, 0.1) is 10.1 Å². The number of nitro groups is 1. The summed E-state index contributed by atoms with van der Waals surface area (Å²) >= 11 is 0. The molecule has 2 aromatic carbocycles. The van der Waals surface area contributed by atoms with Crippen LogP contribution in [0.15, 0.2) is 64.4 Å². The topological polar surface area (TPSA) is 77.3 Å². The van der Waals surface area contributed by atoms with Gasteiger partial charge in [0.15, 0.2) is 0 Å². The van der Waals surface area contributed by atoms with Gasteiger partial charge in [0.05, 0.1) is 9.82 Å². The zero-order valence-corrected chi connectivity index (χ0v) is 11.2. The van der Waals surface area contributed by atoms with E-state index in [2.05, 4.69) is 0 Å². The van der Waals surface area contributed by atoms with Crippen LogP contribution < -0.4 is 0 Å². The van der Waals surface area contributed by atoms with E-state index in [1.165, 1.54) is 36.4 Å². The molecule has 0 spiro atoms. The molecule has 0 amide bonds. The maximum atomic E-state index is 12.1. The molecule has 0 fully saturated rings. The van der Waals surface area contributed by atoms with Crippen LogP contribution in [0.5, 0.6) is 0 Å². The Kier molecular flexibility index (Phi) is 3.87. The summed E-state index contributed by atoms with van der Waals surface area (Å²) in [6, 6.07) is 13.5. The van der Waals surface area contributed by atoms with Gasteiger partial charge < -0.3 is 0 Å². The smallest absolute Gasteiger partial charge is 0.258 e. The van der Waals surface area contributed by atoms with Crippen LogP contribution in [0.4, 0.5) is 5.69 Å². The Morgan fingerprint density at radius 1 is 1.00 bits per heavy atom. The Morgan fingerprint density at radius 3 is 2.32 bits per heavy atom. The fourth-order valence-electron chi connectivity index (χ4n) is 1.41. The number of nitrogens with zero attached hydrogens (tertiary/aromatic N) is 1. The van der Waals surface area contributed by atoms with Crippen molar-refractivity contribution in [2.45, 2.75) is 9.79 Å². The molecule has 0 saturated carbocycles. The lowest BCUT2D eigenvalue weighted by Gasteiger charge is -2.03. The molecule has 0 aliphatic heterocycles. The van der Waals surface area contributed by atoms with Crippen molar-refractivity contribution < 1.29 is 13.3 Å². The number of nitro benzene ring substituents is 1. The summed E-state index contributed by atoms with van der Waals surface area (Å²) in [6.07, 6.45) is 0. The predicted octanol–water partition coefficient (Wildman–Crippen LogP) is 3.08. The highest BCUT2D eigenvalue weighted by Crippen LogP contribution is 2.32. The molecule has 0 radical (unpaired) electrons. The van der Waals surface area contributed by atoms with Crippen molar-refractivity contribution >= 4 is 25.4 Å². The van der Waals surface area contributed by atoms with Crippen LogP contribution in [0.25, 0.3) is 0 Å². The average Bonchev–Trinajstić information content (AvgIpc) is 2.39. The van der Waals surface area contributed by atoms with E-state index in [-0.39, 0.29) is 10.6 Å². The molecule has 0 N–H and O–H groups in total. The standard InChI is InChI=1S/C12H9NO4S2/c14-13(15)10-5-4-6-11(9-10)18-19(16,17)12-7-2-1-3-8-12/h1-9H. The lowest BCUT2D eigenvalue weighted by molar-refractivity contribution is -0.385. The molecule has 0 heterocycles. The zero-order valence-electron chi connectivity index (χ0n) is 9.59. The summed E-state index contributed by atoms with van der Waals surface area (Å²) in [5.41, 5.74) is -0.131. The van der Waals surface area contributed by atoms with E-state index < -0.39 is 13.8 Å². The van der Waals surface area contributed by atoms with Gasteiger partial charge in [-0.1, -0.05) is 24.3 Å². The van der Waals surface area contributed by atoms with E-state index >= 15 is 0 Å². The minimum Gasteiger partial charge on any atom is -0.258 e. The first kappa shape index (κ1) is 13.6. The van der Waals surface area contributed by atoms with Gasteiger partial charge in [0.25, 0.3) is 5.69 Å². The molecule has 98 valence electrons. The first-order valence-corrected chi connectivity index (χ1v) is 8.05. The van der Waals surface area contributed by atoms with Crippen molar-refractivity contribution in [1.82, 2.24) is 0 Å². The van der Waals surface area contributed by atoms with Gasteiger partial charge in [-0.3, -0.25) is 10.1 Å². The lowest BCUT2D eigenvalue weighted by Crippen LogP contribution is -1.95. The van der Waals surface area contributed by atoms with Gasteiger partial charge in [0.1, 0.15) is 0 Å². The molecule has 2 aromatic rings. The second kappa shape index (κ2) is 5.41. The van der Waals surface area contributed by atoms with Gasteiger partial charge in [0.2, 0.25) is 8.87 Å². The minimum absolute atomic E-state index is 0.131. The molecule has 2 rings (SSSR count). The Balaban J connectivity index is 2.31.